The third-order valence-electron chi connectivity index (χ3n) is 5.22. The summed E-state index contributed by atoms with van der Waals surface area (Å²) in [6.45, 7) is 9.14. The molecule has 0 N–H and O–H groups in total. The van der Waals surface area contributed by atoms with Gasteiger partial charge in [0.05, 0.1) is 0 Å². The molecule has 132 valence electrons. The summed E-state index contributed by atoms with van der Waals surface area (Å²) in [4.78, 5) is 0. The van der Waals surface area contributed by atoms with Gasteiger partial charge in [0.25, 0.3) is 0 Å². The van der Waals surface area contributed by atoms with E-state index in [1.54, 1.807) is 16.7 Å². The molecule has 0 saturated heterocycles. The number of allylic oxidation sites excluding steroid dienone is 6. The van der Waals surface area contributed by atoms with Gasteiger partial charge < -0.3 is 0 Å². The van der Waals surface area contributed by atoms with E-state index in [4.69, 9.17) is 0 Å². The molecule has 1 saturated carbocycles. The van der Waals surface area contributed by atoms with Crippen LogP contribution in [0.4, 0.5) is 0 Å². The second-order valence-electron chi connectivity index (χ2n) is 7.61. The summed E-state index contributed by atoms with van der Waals surface area (Å²) in [6, 6.07) is 0. The smallest absolute Gasteiger partial charge is 0.0136 e. The number of hydrogen-bond acceptors (Lipinski definition) is 0. The Hall–Kier alpha value is -0.780. The van der Waals surface area contributed by atoms with Crippen LogP contribution in [0.15, 0.2) is 34.9 Å². The first kappa shape index (κ1) is 20.3. The van der Waals surface area contributed by atoms with Crippen LogP contribution in [0, 0.1) is 5.92 Å². The molecule has 1 aliphatic carbocycles. The summed E-state index contributed by atoms with van der Waals surface area (Å²) in [5, 5.41) is 0. The lowest BCUT2D eigenvalue weighted by molar-refractivity contribution is 0.620. The minimum atomic E-state index is 0.922. The van der Waals surface area contributed by atoms with Crippen LogP contribution in [0.1, 0.15) is 105 Å². The second kappa shape index (κ2) is 12.6. The van der Waals surface area contributed by atoms with Gasteiger partial charge in [-0.15, -0.1) is 0 Å². The fraction of sp³-hybridized carbons (Fsp3) is 0.739. The Kier molecular flexibility index (Phi) is 11.1. The van der Waals surface area contributed by atoms with E-state index in [0.717, 1.165) is 5.92 Å². The minimum Gasteiger partial charge on any atom is -0.0881 e. The quantitative estimate of drug-likeness (QED) is 0.266. The van der Waals surface area contributed by atoms with Crippen LogP contribution < -0.4 is 0 Å². The molecule has 1 atom stereocenters. The van der Waals surface area contributed by atoms with Gasteiger partial charge in [-0.1, -0.05) is 68.1 Å². The lowest BCUT2D eigenvalue weighted by atomic mass is 10.0. The molecule has 0 aromatic rings. The standard InChI is InChI=1S/C23H40/c1-5-12-20(3)13-10-8-7-9-11-14-22(6-2)17-18-23-16-15-21(4)19-23/h6,13,18,21H,5,7-12,14-17,19H2,1-4H3. The van der Waals surface area contributed by atoms with E-state index >= 15 is 0 Å². The maximum absolute atomic E-state index is 2.53. The molecule has 0 aromatic carbocycles. The molecule has 1 aliphatic rings. The third kappa shape index (κ3) is 9.84. The third-order valence-corrected chi connectivity index (χ3v) is 5.22. The Morgan fingerprint density at radius 2 is 1.91 bits per heavy atom. The highest BCUT2D eigenvalue weighted by Crippen LogP contribution is 2.30. The van der Waals surface area contributed by atoms with Gasteiger partial charge in [-0.05, 0) is 77.6 Å². The average Bonchev–Trinajstić information content (AvgIpc) is 2.95. The van der Waals surface area contributed by atoms with E-state index in [2.05, 4.69) is 45.9 Å². The van der Waals surface area contributed by atoms with Crippen molar-refractivity contribution >= 4 is 0 Å². The first-order valence-corrected chi connectivity index (χ1v) is 10.1. The SMILES string of the molecule is CC=C(CC=C1CCC(C)C1)CCCCCCC=C(C)CCC. The number of rotatable bonds is 11. The molecular weight excluding hydrogens is 276 g/mol. The lowest BCUT2D eigenvalue weighted by Gasteiger charge is -2.06. The van der Waals surface area contributed by atoms with E-state index in [0.29, 0.717) is 0 Å². The molecule has 1 fully saturated rings. The molecule has 0 bridgehead atoms. The van der Waals surface area contributed by atoms with Crippen LogP contribution in [0.25, 0.3) is 0 Å². The molecule has 0 amide bonds. The summed E-state index contributed by atoms with van der Waals surface area (Å²) in [7, 11) is 0. The first-order chi connectivity index (χ1) is 11.2. The molecule has 0 radical (unpaired) electrons. The van der Waals surface area contributed by atoms with Gasteiger partial charge in [0.2, 0.25) is 0 Å². The summed E-state index contributed by atoms with van der Waals surface area (Å²) in [5.74, 6) is 0.922. The summed E-state index contributed by atoms with van der Waals surface area (Å²) in [5.41, 5.74) is 4.94. The average molecular weight is 317 g/mol. The zero-order valence-electron chi connectivity index (χ0n) is 16.3. The number of hydrogen-bond donors (Lipinski definition) is 0. The Balaban J connectivity index is 2.08. The van der Waals surface area contributed by atoms with Crippen molar-refractivity contribution in [1.29, 1.82) is 0 Å². The van der Waals surface area contributed by atoms with E-state index in [1.807, 2.05) is 0 Å². The monoisotopic (exact) mass is 316 g/mol. The van der Waals surface area contributed by atoms with Crippen LogP contribution in [-0.4, -0.2) is 0 Å². The van der Waals surface area contributed by atoms with Gasteiger partial charge in [0.15, 0.2) is 0 Å². The van der Waals surface area contributed by atoms with Crippen molar-refractivity contribution in [3.8, 4) is 0 Å². The van der Waals surface area contributed by atoms with Crippen molar-refractivity contribution in [1.82, 2.24) is 0 Å². The Morgan fingerprint density at radius 3 is 2.57 bits per heavy atom. The summed E-state index contributed by atoms with van der Waals surface area (Å²) >= 11 is 0. The van der Waals surface area contributed by atoms with Gasteiger partial charge in [-0.2, -0.15) is 0 Å². The highest BCUT2D eigenvalue weighted by atomic mass is 14.2. The second-order valence-corrected chi connectivity index (χ2v) is 7.61. The predicted molar refractivity (Wildman–Crippen MR) is 106 cm³/mol. The maximum Gasteiger partial charge on any atom is -0.0136 e. The lowest BCUT2D eigenvalue weighted by Crippen LogP contribution is -1.86. The predicted octanol–water partition coefficient (Wildman–Crippen LogP) is 8.16. The minimum absolute atomic E-state index is 0.922. The van der Waals surface area contributed by atoms with Crippen molar-refractivity contribution in [3.63, 3.8) is 0 Å². The van der Waals surface area contributed by atoms with Crippen molar-refractivity contribution in [2.24, 2.45) is 5.92 Å². The van der Waals surface area contributed by atoms with Crippen LogP contribution >= 0.6 is 0 Å². The van der Waals surface area contributed by atoms with Gasteiger partial charge >= 0.3 is 0 Å². The highest BCUT2D eigenvalue weighted by molar-refractivity contribution is 5.14. The van der Waals surface area contributed by atoms with Gasteiger partial charge in [0, 0.05) is 0 Å². The van der Waals surface area contributed by atoms with Crippen LogP contribution in [-0.2, 0) is 0 Å². The molecule has 0 spiro atoms. The fourth-order valence-corrected chi connectivity index (χ4v) is 3.60. The molecule has 0 aromatic heterocycles. The van der Waals surface area contributed by atoms with E-state index < -0.39 is 0 Å². The topological polar surface area (TPSA) is 0 Å². The molecule has 0 heterocycles. The van der Waals surface area contributed by atoms with E-state index in [1.165, 1.54) is 77.0 Å². The first-order valence-electron chi connectivity index (χ1n) is 10.1. The Morgan fingerprint density at radius 1 is 1.13 bits per heavy atom. The molecular formula is C23H40. The van der Waals surface area contributed by atoms with Gasteiger partial charge in [0.1, 0.15) is 0 Å². The zero-order chi connectivity index (χ0) is 16.9. The Labute approximate surface area is 146 Å². The molecule has 0 heteroatoms. The molecule has 1 rings (SSSR count). The largest absolute Gasteiger partial charge is 0.0881 e. The van der Waals surface area contributed by atoms with Crippen LogP contribution in [0.5, 0.6) is 0 Å². The van der Waals surface area contributed by atoms with Crippen molar-refractivity contribution in [3.05, 3.63) is 34.9 Å². The molecule has 0 nitrogen and oxygen atoms in total. The van der Waals surface area contributed by atoms with Crippen LogP contribution in [0.3, 0.4) is 0 Å². The maximum atomic E-state index is 2.53. The normalized spacial score (nSPS) is 21.4. The molecule has 23 heavy (non-hydrogen) atoms. The summed E-state index contributed by atoms with van der Waals surface area (Å²) in [6.07, 6.45) is 23.3. The zero-order valence-corrected chi connectivity index (χ0v) is 16.3. The van der Waals surface area contributed by atoms with Crippen molar-refractivity contribution < 1.29 is 0 Å². The van der Waals surface area contributed by atoms with Crippen molar-refractivity contribution in [2.75, 3.05) is 0 Å². The number of unbranched alkanes of at least 4 members (excludes halogenated alkanes) is 4. The fourth-order valence-electron chi connectivity index (χ4n) is 3.60. The highest BCUT2D eigenvalue weighted by Gasteiger charge is 2.14. The Bertz CT molecular complexity index is 394. The van der Waals surface area contributed by atoms with Gasteiger partial charge in [-0.3, -0.25) is 0 Å². The molecule has 0 aliphatic heterocycles. The summed E-state index contributed by atoms with van der Waals surface area (Å²) < 4.78 is 0. The van der Waals surface area contributed by atoms with E-state index in [-0.39, 0.29) is 0 Å². The van der Waals surface area contributed by atoms with Crippen LogP contribution in [0.2, 0.25) is 0 Å². The van der Waals surface area contributed by atoms with Gasteiger partial charge in [-0.25, -0.2) is 0 Å². The van der Waals surface area contributed by atoms with Crippen molar-refractivity contribution in [2.45, 2.75) is 105 Å². The molecule has 1 unspecified atom stereocenters. The van der Waals surface area contributed by atoms with E-state index in [9.17, 15) is 0 Å².